The molecule has 1 aliphatic carbocycles. The zero-order valence-corrected chi connectivity index (χ0v) is 9.98. The molecule has 2 N–H and O–H groups in total. The lowest BCUT2D eigenvalue weighted by atomic mass is 9.86. The largest absolute Gasteiger partial charge is 0.481 e. The lowest BCUT2D eigenvalue weighted by Gasteiger charge is -2.17. The Kier molecular flexibility index (Phi) is 3.61. The molecule has 0 amide bonds. The van der Waals surface area contributed by atoms with Gasteiger partial charge in [0.1, 0.15) is 5.92 Å². The van der Waals surface area contributed by atoms with Crippen molar-refractivity contribution in [3.05, 3.63) is 65.3 Å². The van der Waals surface area contributed by atoms with E-state index in [1.807, 2.05) is 18.2 Å². The summed E-state index contributed by atoms with van der Waals surface area (Å²) in [6.45, 7) is 0. The smallest absolute Gasteiger partial charge is 0.336 e. The van der Waals surface area contributed by atoms with Gasteiger partial charge in [-0.05, 0) is 23.3 Å². The number of hydrogen-bond acceptors (Lipinski definition) is 2. The van der Waals surface area contributed by atoms with E-state index in [9.17, 15) is 14.7 Å². The Morgan fingerprint density at radius 1 is 1.11 bits per heavy atom. The summed E-state index contributed by atoms with van der Waals surface area (Å²) < 4.78 is 0. The zero-order chi connectivity index (χ0) is 13.8. The van der Waals surface area contributed by atoms with E-state index in [-0.39, 0.29) is 11.1 Å². The summed E-state index contributed by atoms with van der Waals surface area (Å²) >= 11 is 0. The maximum Gasteiger partial charge on any atom is 0.336 e. The second-order valence-corrected chi connectivity index (χ2v) is 4.10. The van der Waals surface area contributed by atoms with Gasteiger partial charge in [-0.1, -0.05) is 42.5 Å². The molecule has 0 aliphatic heterocycles. The van der Waals surface area contributed by atoms with Crippen molar-refractivity contribution in [3.8, 4) is 0 Å². The third-order valence-electron chi connectivity index (χ3n) is 2.83. The Morgan fingerprint density at radius 3 is 2.37 bits per heavy atom. The standard InChI is InChI=1S/C15H12O4/c16-14(17)11-7-4-8-12(15(18)19)13(11)9-10-5-2-1-3-6-10/h1-9,11H,(H,16,17)(H,18,19). The molecule has 0 saturated carbocycles. The van der Waals surface area contributed by atoms with Crippen molar-refractivity contribution in [3.63, 3.8) is 0 Å². The molecular weight excluding hydrogens is 244 g/mol. The van der Waals surface area contributed by atoms with Gasteiger partial charge in [-0.15, -0.1) is 0 Å². The van der Waals surface area contributed by atoms with Crippen LogP contribution >= 0.6 is 0 Å². The number of carboxylic acid groups (broad SMARTS) is 2. The number of rotatable bonds is 3. The Bertz CT molecular complexity index is 594. The summed E-state index contributed by atoms with van der Waals surface area (Å²) in [4.78, 5) is 22.4. The van der Waals surface area contributed by atoms with E-state index >= 15 is 0 Å². The number of hydrogen-bond donors (Lipinski definition) is 2. The van der Waals surface area contributed by atoms with Crippen LogP contribution in [0.1, 0.15) is 5.56 Å². The number of carboxylic acids is 2. The van der Waals surface area contributed by atoms with Crippen molar-refractivity contribution in [1.29, 1.82) is 0 Å². The van der Waals surface area contributed by atoms with Crippen molar-refractivity contribution in [1.82, 2.24) is 0 Å². The van der Waals surface area contributed by atoms with Crippen LogP contribution in [0.25, 0.3) is 6.08 Å². The molecule has 0 fully saturated rings. The Hall–Kier alpha value is -2.62. The monoisotopic (exact) mass is 256 g/mol. The van der Waals surface area contributed by atoms with Gasteiger partial charge in [0.25, 0.3) is 0 Å². The van der Waals surface area contributed by atoms with E-state index in [0.717, 1.165) is 5.56 Å². The SMILES string of the molecule is O=C(O)C1=CC=CC(C(=O)O)C1=Cc1ccccc1. The molecule has 1 aromatic rings. The van der Waals surface area contributed by atoms with Crippen molar-refractivity contribution in [2.24, 2.45) is 5.92 Å². The summed E-state index contributed by atoms with van der Waals surface area (Å²) in [5.74, 6) is -3.13. The molecule has 0 radical (unpaired) electrons. The highest BCUT2D eigenvalue weighted by molar-refractivity contribution is 5.98. The van der Waals surface area contributed by atoms with Gasteiger partial charge in [-0.3, -0.25) is 4.79 Å². The molecule has 4 nitrogen and oxygen atoms in total. The summed E-state index contributed by atoms with van der Waals surface area (Å²) in [7, 11) is 0. The minimum Gasteiger partial charge on any atom is -0.481 e. The lowest BCUT2D eigenvalue weighted by Crippen LogP contribution is -2.20. The zero-order valence-electron chi connectivity index (χ0n) is 9.98. The van der Waals surface area contributed by atoms with Gasteiger partial charge >= 0.3 is 11.9 Å². The molecule has 2 rings (SSSR count). The van der Waals surface area contributed by atoms with Gasteiger partial charge in [0.05, 0.1) is 5.57 Å². The van der Waals surface area contributed by atoms with E-state index in [1.165, 1.54) is 18.2 Å². The molecule has 0 aromatic heterocycles. The Morgan fingerprint density at radius 2 is 1.79 bits per heavy atom. The molecule has 0 saturated heterocycles. The maximum atomic E-state index is 11.2. The van der Waals surface area contributed by atoms with E-state index in [1.54, 1.807) is 18.2 Å². The molecule has 0 bridgehead atoms. The van der Waals surface area contributed by atoms with E-state index in [0.29, 0.717) is 0 Å². The first-order valence-electron chi connectivity index (χ1n) is 5.71. The number of allylic oxidation sites excluding steroid dienone is 2. The average molecular weight is 256 g/mol. The van der Waals surface area contributed by atoms with Crippen LogP contribution in [0.3, 0.4) is 0 Å². The van der Waals surface area contributed by atoms with Crippen LogP contribution in [0, 0.1) is 5.92 Å². The molecule has 0 spiro atoms. The van der Waals surface area contributed by atoms with Crippen LogP contribution in [0.4, 0.5) is 0 Å². The Labute approximate surface area is 110 Å². The van der Waals surface area contributed by atoms with Gasteiger partial charge < -0.3 is 10.2 Å². The summed E-state index contributed by atoms with van der Waals surface area (Å²) in [6.07, 6.45) is 5.95. The van der Waals surface area contributed by atoms with Gasteiger partial charge in [-0.2, -0.15) is 0 Å². The van der Waals surface area contributed by atoms with Crippen molar-refractivity contribution >= 4 is 18.0 Å². The normalized spacial score (nSPS) is 20.1. The molecule has 1 atom stereocenters. The van der Waals surface area contributed by atoms with Gasteiger partial charge in [0.15, 0.2) is 0 Å². The molecule has 0 heterocycles. The highest BCUT2D eigenvalue weighted by Crippen LogP contribution is 2.28. The minimum absolute atomic E-state index is 0.0127. The van der Waals surface area contributed by atoms with Crippen LogP contribution in [-0.2, 0) is 9.59 Å². The van der Waals surface area contributed by atoms with Gasteiger partial charge in [0.2, 0.25) is 0 Å². The van der Waals surface area contributed by atoms with Crippen LogP contribution in [-0.4, -0.2) is 22.2 Å². The third kappa shape index (κ3) is 2.80. The van der Waals surface area contributed by atoms with Crippen LogP contribution in [0.2, 0.25) is 0 Å². The van der Waals surface area contributed by atoms with E-state index < -0.39 is 17.9 Å². The fourth-order valence-corrected chi connectivity index (χ4v) is 1.94. The third-order valence-corrected chi connectivity index (χ3v) is 2.83. The summed E-state index contributed by atoms with van der Waals surface area (Å²) in [5.41, 5.74) is 1.07. The molecule has 96 valence electrons. The van der Waals surface area contributed by atoms with E-state index in [2.05, 4.69) is 0 Å². The molecule has 4 heteroatoms. The predicted molar refractivity (Wildman–Crippen MR) is 70.4 cm³/mol. The maximum absolute atomic E-state index is 11.2. The number of aliphatic carboxylic acids is 2. The van der Waals surface area contributed by atoms with Gasteiger partial charge in [0, 0.05) is 0 Å². The van der Waals surface area contributed by atoms with E-state index in [4.69, 9.17) is 5.11 Å². The summed E-state index contributed by atoms with van der Waals surface area (Å²) in [5, 5.41) is 18.3. The molecule has 1 aliphatic rings. The molecular formula is C15H12O4. The highest BCUT2D eigenvalue weighted by atomic mass is 16.4. The highest BCUT2D eigenvalue weighted by Gasteiger charge is 2.27. The predicted octanol–water partition coefficient (Wildman–Crippen LogP) is 2.35. The first kappa shape index (κ1) is 12.8. The molecule has 1 aromatic carbocycles. The minimum atomic E-state index is -1.13. The van der Waals surface area contributed by atoms with Crippen molar-refractivity contribution < 1.29 is 19.8 Å². The number of benzene rings is 1. The van der Waals surface area contributed by atoms with Crippen LogP contribution in [0.5, 0.6) is 0 Å². The quantitative estimate of drug-likeness (QED) is 0.870. The Balaban J connectivity index is 2.50. The van der Waals surface area contributed by atoms with Crippen LogP contribution < -0.4 is 0 Å². The molecule has 1 unspecified atom stereocenters. The average Bonchev–Trinajstić information content (AvgIpc) is 2.39. The lowest BCUT2D eigenvalue weighted by molar-refractivity contribution is -0.138. The topological polar surface area (TPSA) is 74.6 Å². The second kappa shape index (κ2) is 5.35. The van der Waals surface area contributed by atoms with Crippen molar-refractivity contribution in [2.75, 3.05) is 0 Å². The second-order valence-electron chi connectivity index (χ2n) is 4.10. The molecule has 19 heavy (non-hydrogen) atoms. The number of carbonyl (C=O) groups is 2. The fraction of sp³-hybridized carbons (Fsp3) is 0.0667. The van der Waals surface area contributed by atoms with Gasteiger partial charge in [-0.25, -0.2) is 4.79 Å². The van der Waals surface area contributed by atoms with Crippen LogP contribution in [0.15, 0.2) is 59.7 Å². The summed E-state index contributed by atoms with van der Waals surface area (Å²) in [6, 6.07) is 9.05. The first-order chi connectivity index (χ1) is 9.09. The fourth-order valence-electron chi connectivity index (χ4n) is 1.94. The first-order valence-corrected chi connectivity index (χ1v) is 5.71. The van der Waals surface area contributed by atoms with Crippen molar-refractivity contribution in [2.45, 2.75) is 0 Å².